The molecule has 0 unspecified atom stereocenters. The van der Waals surface area contributed by atoms with Crippen LogP contribution in [0.3, 0.4) is 0 Å². The molecule has 2 nitrogen and oxygen atoms in total. The van der Waals surface area contributed by atoms with Crippen LogP contribution in [0.25, 0.3) is 87.6 Å². The van der Waals surface area contributed by atoms with Gasteiger partial charge in [0.25, 0.3) is 0 Å². The number of benzene rings is 10. The summed E-state index contributed by atoms with van der Waals surface area (Å²) in [4.78, 5) is 2.38. The molecule has 262 valence electrons. The number of hydrogen-bond acceptors (Lipinski definition) is 2. The molecule has 10 aromatic carbocycles. The first kappa shape index (κ1) is 32.0. The van der Waals surface area contributed by atoms with Crippen LogP contribution < -0.4 is 4.90 Å². The molecular weight excluding hydrogens is 679 g/mol. The Balaban J connectivity index is 1.07. The molecule has 1 heterocycles. The van der Waals surface area contributed by atoms with Crippen molar-refractivity contribution in [2.45, 2.75) is 0 Å². The molecular formula is C54H35NO. The van der Waals surface area contributed by atoms with Crippen molar-refractivity contribution in [3.8, 4) is 33.4 Å². The van der Waals surface area contributed by atoms with Crippen LogP contribution in [0.1, 0.15) is 0 Å². The molecule has 0 amide bonds. The molecule has 0 radical (unpaired) electrons. The second-order valence-electron chi connectivity index (χ2n) is 14.5. The van der Waals surface area contributed by atoms with Crippen LogP contribution in [-0.2, 0) is 0 Å². The van der Waals surface area contributed by atoms with E-state index in [1.54, 1.807) is 0 Å². The van der Waals surface area contributed by atoms with Gasteiger partial charge in [-0.15, -0.1) is 0 Å². The van der Waals surface area contributed by atoms with E-state index in [4.69, 9.17) is 4.42 Å². The van der Waals surface area contributed by atoms with Crippen molar-refractivity contribution in [3.63, 3.8) is 0 Å². The van der Waals surface area contributed by atoms with Gasteiger partial charge in [-0.25, -0.2) is 0 Å². The monoisotopic (exact) mass is 713 g/mol. The Bertz CT molecular complexity index is 3260. The smallest absolute Gasteiger partial charge is 0.137 e. The van der Waals surface area contributed by atoms with E-state index in [1.165, 1.54) is 60.1 Å². The fourth-order valence-electron chi connectivity index (χ4n) is 8.62. The second kappa shape index (κ2) is 13.2. The van der Waals surface area contributed by atoms with Crippen molar-refractivity contribution < 1.29 is 4.42 Å². The summed E-state index contributed by atoms with van der Waals surface area (Å²) in [5, 5.41) is 9.73. The lowest BCUT2D eigenvalue weighted by molar-refractivity contribution is 0.669. The van der Waals surface area contributed by atoms with Crippen molar-refractivity contribution in [1.82, 2.24) is 0 Å². The van der Waals surface area contributed by atoms with E-state index in [9.17, 15) is 0 Å². The number of anilines is 3. The average Bonchev–Trinajstić information content (AvgIpc) is 3.66. The van der Waals surface area contributed by atoms with Gasteiger partial charge in [-0.1, -0.05) is 158 Å². The minimum absolute atomic E-state index is 0.867. The lowest BCUT2D eigenvalue weighted by atomic mass is 9.93. The van der Waals surface area contributed by atoms with Crippen molar-refractivity contribution in [2.24, 2.45) is 0 Å². The molecule has 0 N–H and O–H groups in total. The molecule has 0 aliphatic rings. The summed E-state index contributed by atoms with van der Waals surface area (Å²) in [6.07, 6.45) is 0. The van der Waals surface area contributed by atoms with Crippen LogP contribution in [0.15, 0.2) is 217 Å². The van der Waals surface area contributed by atoms with Gasteiger partial charge in [0.05, 0.1) is 11.1 Å². The predicted molar refractivity (Wildman–Crippen MR) is 237 cm³/mol. The van der Waals surface area contributed by atoms with E-state index < -0.39 is 0 Å². The average molecular weight is 714 g/mol. The highest BCUT2D eigenvalue weighted by Gasteiger charge is 2.20. The predicted octanol–water partition coefficient (Wildman–Crippen LogP) is 15.5. The first-order chi connectivity index (χ1) is 27.8. The molecule has 0 saturated heterocycles. The summed E-state index contributed by atoms with van der Waals surface area (Å²) in [7, 11) is 0. The van der Waals surface area contributed by atoms with Crippen molar-refractivity contribution in [2.75, 3.05) is 4.90 Å². The Labute approximate surface area is 325 Å². The highest BCUT2D eigenvalue weighted by atomic mass is 16.3. The van der Waals surface area contributed by atoms with Crippen LogP contribution >= 0.6 is 0 Å². The van der Waals surface area contributed by atoms with E-state index in [1.807, 2.05) is 6.07 Å². The Morgan fingerprint density at radius 3 is 1.77 bits per heavy atom. The summed E-state index contributed by atoms with van der Waals surface area (Å²) < 4.78 is 6.42. The van der Waals surface area contributed by atoms with Crippen LogP contribution in [0, 0.1) is 0 Å². The third kappa shape index (κ3) is 5.34. The van der Waals surface area contributed by atoms with Gasteiger partial charge in [0.2, 0.25) is 0 Å². The number of para-hydroxylation sites is 1. The van der Waals surface area contributed by atoms with E-state index in [0.717, 1.165) is 44.6 Å². The first-order valence-corrected chi connectivity index (χ1v) is 19.2. The molecule has 2 heteroatoms. The van der Waals surface area contributed by atoms with E-state index >= 15 is 0 Å². The highest BCUT2D eigenvalue weighted by molar-refractivity contribution is 6.15. The summed E-state index contributed by atoms with van der Waals surface area (Å²) in [6, 6.07) is 76.5. The number of fused-ring (bicyclic) bond motifs is 7. The maximum absolute atomic E-state index is 6.42. The summed E-state index contributed by atoms with van der Waals surface area (Å²) >= 11 is 0. The molecule has 1 aromatic heterocycles. The summed E-state index contributed by atoms with van der Waals surface area (Å²) in [5.74, 6) is 0. The Hall–Kier alpha value is -7.42. The maximum atomic E-state index is 6.42. The zero-order valence-corrected chi connectivity index (χ0v) is 30.6. The fraction of sp³-hybridized carbons (Fsp3) is 0. The Morgan fingerprint density at radius 1 is 0.304 bits per heavy atom. The third-order valence-electron chi connectivity index (χ3n) is 11.2. The molecule has 11 rings (SSSR count). The zero-order valence-electron chi connectivity index (χ0n) is 30.6. The van der Waals surface area contributed by atoms with Crippen LogP contribution in [-0.4, -0.2) is 0 Å². The SMILES string of the molecule is c1cc(-c2cccc(N(c3ccc(-c4cc5ccccc5c5ccccc45)cc3)c3cccc4oc5ccccc5c34)c2)cc(-c2cccc3ccccc23)c1. The fourth-order valence-corrected chi connectivity index (χ4v) is 8.62. The van der Waals surface area contributed by atoms with Gasteiger partial charge in [-0.2, -0.15) is 0 Å². The van der Waals surface area contributed by atoms with Crippen molar-refractivity contribution >= 4 is 71.3 Å². The number of furan rings is 1. The molecule has 11 aromatic rings. The standard InChI is InChI=1S/C54H35NO/c1-3-20-44-36(13-1)15-11-25-45(44)40-18-9-16-38(33-40)39-17-10-19-43(34-39)55(51-26-12-28-53-54(51)49-24-7-8-27-52(49)56-53)42-31-29-37(30-32-42)50-35-41-14-2-4-21-46(41)47-22-5-6-23-48(47)50/h1-35H. The van der Waals surface area contributed by atoms with E-state index in [-0.39, 0.29) is 0 Å². The van der Waals surface area contributed by atoms with Crippen LogP contribution in [0.2, 0.25) is 0 Å². The Morgan fingerprint density at radius 2 is 0.911 bits per heavy atom. The largest absolute Gasteiger partial charge is 0.456 e. The van der Waals surface area contributed by atoms with Gasteiger partial charge in [0.1, 0.15) is 11.2 Å². The maximum Gasteiger partial charge on any atom is 0.137 e. The van der Waals surface area contributed by atoms with Crippen LogP contribution in [0.5, 0.6) is 0 Å². The van der Waals surface area contributed by atoms with Gasteiger partial charge < -0.3 is 9.32 Å². The minimum Gasteiger partial charge on any atom is -0.456 e. The lowest BCUT2D eigenvalue weighted by Crippen LogP contribution is -2.10. The van der Waals surface area contributed by atoms with E-state index in [2.05, 4.69) is 211 Å². The molecule has 0 saturated carbocycles. The second-order valence-corrected chi connectivity index (χ2v) is 14.5. The first-order valence-electron chi connectivity index (χ1n) is 19.2. The molecule has 0 aliphatic heterocycles. The highest BCUT2D eigenvalue weighted by Crippen LogP contribution is 2.45. The normalized spacial score (nSPS) is 11.6. The minimum atomic E-state index is 0.867. The topological polar surface area (TPSA) is 16.4 Å². The lowest BCUT2D eigenvalue weighted by Gasteiger charge is -2.27. The Kier molecular flexibility index (Phi) is 7.53. The van der Waals surface area contributed by atoms with E-state index in [0.29, 0.717) is 0 Å². The van der Waals surface area contributed by atoms with Crippen molar-refractivity contribution in [1.29, 1.82) is 0 Å². The number of rotatable bonds is 6. The summed E-state index contributed by atoms with van der Waals surface area (Å²) in [6.45, 7) is 0. The molecule has 0 aliphatic carbocycles. The molecule has 0 fully saturated rings. The number of nitrogens with zero attached hydrogens (tertiary/aromatic N) is 1. The van der Waals surface area contributed by atoms with Crippen molar-refractivity contribution in [3.05, 3.63) is 212 Å². The quantitative estimate of drug-likeness (QED) is 0.160. The third-order valence-corrected chi connectivity index (χ3v) is 11.2. The number of hydrogen-bond donors (Lipinski definition) is 0. The van der Waals surface area contributed by atoms with Gasteiger partial charge in [0.15, 0.2) is 0 Å². The molecule has 0 atom stereocenters. The molecule has 0 spiro atoms. The zero-order chi connectivity index (χ0) is 37.0. The molecule has 0 bridgehead atoms. The van der Waals surface area contributed by atoms with Gasteiger partial charge in [-0.3, -0.25) is 0 Å². The molecule has 56 heavy (non-hydrogen) atoms. The van der Waals surface area contributed by atoms with Gasteiger partial charge in [0, 0.05) is 16.8 Å². The van der Waals surface area contributed by atoms with Crippen LogP contribution in [0.4, 0.5) is 17.1 Å². The van der Waals surface area contributed by atoms with Gasteiger partial charge in [-0.05, 0) is 120 Å². The van der Waals surface area contributed by atoms with Gasteiger partial charge >= 0.3 is 0 Å². The summed E-state index contributed by atoms with van der Waals surface area (Å²) in [5.41, 5.74) is 12.1.